The molecule has 2 aromatic carbocycles. The van der Waals surface area contributed by atoms with Gasteiger partial charge in [-0.25, -0.2) is 4.99 Å². The molecule has 2 heterocycles. The van der Waals surface area contributed by atoms with Crippen molar-refractivity contribution in [1.82, 2.24) is 0 Å². The highest BCUT2D eigenvalue weighted by Crippen LogP contribution is 2.36. The molecule has 1 atom stereocenters. The number of nitrogens with zero attached hydrogens (tertiary/aromatic N) is 1. The van der Waals surface area contributed by atoms with E-state index in [0.717, 1.165) is 22.3 Å². The van der Waals surface area contributed by atoms with Crippen molar-refractivity contribution in [2.24, 2.45) is 4.99 Å². The predicted octanol–water partition coefficient (Wildman–Crippen LogP) is 3.22. The van der Waals surface area contributed by atoms with Gasteiger partial charge in [-0.15, -0.1) is 0 Å². The Morgan fingerprint density at radius 3 is 2.70 bits per heavy atom. The number of hydrogen-bond donors (Lipinski definition) is 1. The first kappa shape index (κ1) is 14.3. The van der Waals surface area contributed by atoms with Crippen LogP contribution in [0.2, 0.25) is 0 Å². The number of ether oxygens (including phenoxy) is 2. The van der Waals surface area contributed by atoms with Gasteiger partial charge in [0.15, 0.2) is 0 Å². The van der Waals surface area contributed by atoms with Crippen LogP contribution in [0.15, 0.2) is 47.5 Å². The van der Waals surface area contributed by atoms with E-state index in [1.54, 1.807) is 0 Å². The molecule has 0 saturated heterocycles. The fourth-order valence-corrected chi connectivity index (χ4v) is 3.01. The van der Waals surface area contributed by atoms with E-state index in [2.05, 4.69) is 4.99 Å². The van der Waals surface area contributed by atoms with E-state index in [0.29, 0.717) is 24.9 Å². The Bertz CT molecular complexity index is 795. The van der Waals surface area contributed by atoms with Crippen LogP contribution < -0.4 is 4.74 Å². The van der Waals surface area contributed by atoms with E-state index in [1.165, 1.54) is 0 Å². The Morgan fingerprint density at radius 2 is 1.91 bits per heavy atom. The number of aliphatic hydroxyl groups is 1. The number of benzene rings is 2. The summed E-state index contributed by atoms with van der Waals surface area (Å²) in [6, 6.07) is 13.6. The fourth-order valence-electron chi connectivity index (χ4n) is 3.01. The maximum atomic E-state index is 10.8. The highest BCUT2D eigenvalue weighted by molar-refractivity contribution is 5.95. The van der Waals surface area contributed by atoms with Crippen LogP contribution in [0.5, 0.6) is 5.75 Å². The summed E-state index contributed by atoms with van der Waals surface area (Å²) in [6.45, 7) is 5.11. The highest BCUT2D eigenvalue weighted by atomic mass is 16.5. The molecule has 0 radical (unpaired) electrons. The molecule has 4 nitrogen and oxygen atoms in total. The Labute approximate surface area is 135 Å². The van der Waals surface area contributed by atoms with Crippen molar-refractivity contribution >= 4 is 5.90 Å². The topological polar surface area (TPSA) is 51.0 Å². The number of rotatable bonds is 1. The lowest BCUT2D eigenvalue weighted by Crippen LogP contribution is -2.17. The Morgan fingerprint density at radius 1 is 1.09 bits per heavy atom. The van der Waals surface area contributed by atoms with Crippen molar-refractivity contribution in [2.75, 3.05) is 6.61 Å². The molecule has 23 heavy (non-hydrogen) atoms. The number of aliphatic hydroxyl groups excluding tert-OH is 1. The average Bonchev–Trinajstić information content (AvgIpc) is 2.85. The lowest BCUT2D eigenvalue weighted by molar-refractivity contribution is 0.218. The summed E-state index contributed by atoms with van der Waals surface area (Å²) in [7, 11) is 0. The first-order valence-corrected chi connectivity index (χ1v) is 7.79. The molecular formula is C19H19NO3. The molecule has 4 heteroatoms. The zero-order chi connectivity index (χ0) is 16.0. The maximum Gasteiger partial charge on any atom is 0.216 e. The zero-order valence-electron chi connectivity index (χ0n) is 13.2. The van der Waals surface area contributed by atoms with Crippen molar-refractivity contribution in [3.8, 4) is 5.75 Å². The molecule has 1 N–H and O–H groups in total. The van der Waals surface area contributed by atoms with Crippen LogP contribution in [-0.4, -0.2) is 23.2 Å². The van der Waals surface area contributed by atoms with Gasteiger partial charge in [0.1, 0.15) is 25.1 Å². The average molecular weight is 309 g/mol. The van der Waals surface area contributed by atoms with Crippen molar-refractivity contribution < 1.29 is 14.6 Å². The molecule has 118 valence electrons. The smallest absolute Gasteiger partial charge is 0.216 e. The summed E-state index contributed by atoms with van der Waals surface area (Å²) in [6.07, 6.45) is -0.710. The second kappa shape index (κ2) is 5.10. The summed E-state index contributed by atoms with van der Waals surface area (Å²) >= 11 is 0. The Balaban J connectivity index is 1.78. The molecule has 4 rings (SSSR count). The van der Waals surface area contributed by atoms with Crippen LogP contribution in [0.4, 0.5) is 0 Å². The molecule has 0 fully saturated rings. The zero-order valence-corrected chi connectivity index (χ0v) is 13.2. The van der Waals surface area contributed by atoms with Crippen LogP contribution in [0, 0.1) is 0 Å². The van der Waals surface area contributed by atoms with Gasteiger partial charge in [0, 0.05) is 11.1 Å². The van der Waals surface area contributed by atoms with E-state index >= 15 is 0 Å². The van der Waals surface area contributed by atoms with Gasteiger partial charge in [-0.3, -0.25) is 0 Å². The van der Waals surface area contributed by atoms with Gasteiger partial charge in [0.05, 0.1) is 5.54 Å². The third kappa shape index (κ3) is 2.49. The molecule has 0 bridgehead atoms. The molecule has 0 amide bonds. The van der Waals surface area contributed by atoms with Gasteiger partial charge >= 0.3 is 0 Å². The first-order valence-electron chi connectivity index (χ1n) is 7.79. The Kier molecular flexibility index (Phi) is 3.16. The molecule has 1 unspecified atom stereocenters. The molecule has 2 aromatic rings. The molecule has 2 aliphatic heterocycles. The van der Waals surface area contributed by atoms with Gasteiger partial charge in [0.2, 0.25) is 5.90 Å². The third-order valence-corrected chi connectivity index (χ3v) is 4.25. The standard InChI is InChI=1S/C19H19NO3/c1-19(2)11-23-18(20-19)12-7-8-16-15(9-12)17(21)14-6-4-3-5-13(14)10-22-16/h3-9,17,21H,10-11H2,1-2H3. The number of fused-ring (bicyclic) bond motifs is 2. The van der Waals surface area contributed by atoms with E-state index in [-0.39, 0.29) is 5.54 Å². The van der Waals surface area contributed by atoms with Gasteiger partial charge in [-0.2, -0.15) is 0 Å². The summed E-state index contributed by atoms with van der Waals surface area (Å²) in [5, 5.41) is 10.8. The van der Waals surface area contributed by atoms with E-state index in [4.69, 9.17) is 9.47 Å². The first-order chi connectivity index (χ1) is 11.0. The van der Waals surface area contributed by atoms with Crippen LogP contribution >= 0.6 is 0 Å². The van der Waals surface area contributed by atoms with Gasteiger partial charge in [-0.1, -0.05) is 24.3 Å². The van der Waals surface area contributed by atoms with E-state index in [9.17, 15) is 5.11 Å². The quantitative estimate of drug-likeness (QED) is 0.880. The predicted molar refractivity (Wildman–Crippen MR) is 87.8 cm³/mol. The second-order valence-electron chi connectivity index (χ2n) is 6.66. The van der Waals surface area contributed by atoms with Crippen LogP contribution in [0.1, 0.15) is 42.2 Å². The molecule has 0 spiro atoms. The monoisotopic (exact) mass is 309 g/mol. The highest BCUT2D eigenvalue weighted by Gasteiger charge is 2.29. The van der Waals surface area contributed by atoms with E-state index in [1.807, 2.05) is 56.3 Å². The van der Waals surface area contributed by atoms with Gasteiger partial charge < -0.3 is 14.6 Å². The van der Waals surface area contributed by atoms with Crippen LogP contribution in [-0.2, 0) is 11.3 Å². The minimum absolute atomic E-state index is 0.205. The normalized spacial score (nSPS) is 21.3. The number of hydrogen-bond acceptors (Lipinski definition) is 4. The SMILES string of the molecule is CC1(C)COC(c2ccc3c(c2)C(O)c2ccccc2CO3)=N1. The minimum atomic E-state index is -0.710. The Hall–Kier alpha value is -2.33. The molecular weight excluding hydrogens is 290 g/mol. The van der Waals surface area contributed by atoms with Crippen molar-refractivity contribution in [1.29, 1.82) is 0 Å². The van der Waals surface area contributed by atoms with Crippen LogP contribution in [0.3, 0.4) is 0 Å². The lowest BCUT2D eigenvalue weighted by atomic mass is 9.96. The molecule has 0 saturated carbocycles. The molecule has 2 aliphatic rings. The van der Waals surface area contributed by atoms with Gasteiger partial charge in [-0.05, 0) is 43.2 Å². The summed E-state index contributed by atoms with van der Waals surface area (Å²) in [4.78, 5) is 4.60. The fraction of sp³-hybridized carbons (Fsp3) is 0.316. The minimum Gasteiger partial charge on any atom is -0.488 e. The maximum absolute atomic E-state index is 10.8. The molecule has 0 aromatic heterocycles. The molecule has 0 aliphatic carbocycles. The summed E-state index contributed by atoms with van der Waals surface area (Å²) in [5.41, 5.74) is 3.32. The van der Waals surface area contributed by atoms with Crippen molar-refractivity contribution in [2.45, 2.75) is 32.1 Å². The number of aliphatic imine (C=N–C) groups is 1. The third-order valence-electron chi connectivity index (χ3n) is 4.25. The second-order valence-corrected chi connectivity index (χ2v) is 6.66. The van der Waals surface area contributed by atoms with Gasteiger partial charge in [0.25, 0.3) is 0 Å². The summed E-state index contributed by atoms with van der Waals surface area (Å²) in [5.74, 6) is 1.33. The largest absolute Gasteiger partial charge is 0.488 e. The van der Waals surface area contributed by atoms with Crippen molar-refractivity contribution in [3.63, 3.8) is 0 Å². The summed E-state index contributed by atoms with van der Waals surface area (Å²) < 4.78 is 11.6. The lowest BCUT2D eigenvalue weighted by Gasteiger charge is -2.14. The van der Waals surface area contributed by atoms with E-state index < -0.39 is 6.10 Å². The van der Waals surface area contributed by atoms with Crippen molar-refractivity contribution in [3.05, 3.63) is 64.7 Å². The van der Waals surface area contributed by atoms with Crippen LogP contribution in [0.25, 0.3) is 0 Å².